The van der Waals surface area contributed by atoms with Crippen molar-refractivity contribution in [2.24, 2.45) is 0 Å². The average molecular weight is 252 g/mol. The molecular weight excluding hydrogens is 243 g/mol. The second-order valence-electron chi connectivity index (χ2n) is 4.23. The SMILES string of the molecule is OC1(C(F)(F)C(F)(F)F)Cc2ccccc2C1. The van der Waals surface area contributed by atoms with Gasteiger partial charge in [-0.15, -0.1) is 0 Å². The highest BCUT2D eigenvalue weighted by atomic mass is 19.4. The van der Waals surface area contributed by atoms with Gasteiger partial charge in [0, 0.05) is 12.8 Å². The Kier molecular flexibility index (Phi) is 2.47. The van der Waals surface area contributed by atoms with E-state index in [1.807, 2.05) is 0 Å². The molecule has 2 rings (SSSR count). The molecule has 1 aromatic carbocycles. The van der Waals surface area contributed by atoms with Gasteiger partial charge in [0.25, 0.3) is 0 Å². The Hall–Kier alpha value is -1.17. The van der Waals surface area contributed by atoms with Gasteiger partial charge in [0.1, 0.15) is 5.60 Å². The van der Waals surface area contributed by atoms with E-state index < -0.39 is 30.5 Å². The zero-order chi connectivity index (χ0) is 12.9. The highest BCUT2D eigenvalue weighted by Crippen LogP contribution is 2.49. The van der Waals surface area contributed by atoms with Crippen LogP contribution in [0.4, 0.5) is 22.0 Å². The number of hydrogen-bond donors (Lipinski definition) is 1. The molecule has 0 aliphatic heterocycles. The van der Waals surface area contributed by atoms with Crippen LogP contribution >= 0.6 is 0 Å². The van der Waals surface area contributed by atoms with E-state index >= 15 is 0 Å². The molecule has 0 fully saturated rings. The maximum atomic E-state index is 13.2. The Balaban J connectivity index is 2.37. The molecule has 0 unspecified atom stereocenters. The minimum absolute atomic E-state index is 0.332. The molecule has 6 heteroatoms. The van der Waals surface area contributed by atoms with Crippen LogP contribution in [0.1, 0.15) is 11.1 Å². The molecule has 1 aromatic rings. The predicted octanol–water partition coefficient (Wildman–Crippen LogP) is 2.71. The van der Waals surface area contributed by atoms with E-state index in [0.717, 1.165) is 0 Å². The molecule has 1 aliphatic rings. The van der Waals surface area contributed by atoms with E-state index in [2.05, 4.69) is 0 Å². The lowest BCUT2D eigenvalue weighted by atomic mass is 9.91. The van der Waals surface area contributed by atoms with Gasteiger partial charge in [0.05, 0.1) is 0 Å². The van der Waals surface area contributed by atoms with Crippen LogP contribution in [0.15, 0.2) is 24.3 Å². The van der Waals surface area contributed by atoms with Gasteiger partial charge in [-0.05, 0) is 11.1 Å². The lowest BCUT2D eigenvalue weighted by molar-refractivity contribution is -0.339. The van der Waals surface area contributed by atoms with Crippen LogP contribution in [0, 0.1) is 0 Å². The number of halogens is 5. The summed E-state index contributed by atoms with van der Waals surface area (Å²) in [4.78, 5) is 0. The molecule has 0 amide bonds. The normalized spacial score (nSPS) is 19.2. The highest BCUT2D eigenvalue weighted by Gasteiger charge is 2.70. The van der Waals surface area contributed by atoms with Crippen molar-refractivity contribution >= 4 is 0 Å². The van der Waals surface area contributed by atoms with Crippen LogP contribution in [-0.4, -0.2) is 22.8 Å². The third-order valence-electron chi connectivity index (χ3n) is 3.02. The van der Waals surface area contributed by atoms with E-state index in [0.29, 0.717) is 11.1 Å². The number of alkyl halides is 5. The highest BCUT2D eigenvalue weighted by molar-refractivity contribution is 5.36. The zero-order valence-corrected chi connectivity index (χ0v) is 8.56. The summed E-state index contributed by atoms with van der Waals surface area (Å²) < 4.78 is 63.2. The molecule has 0 bridgehead atoms. The van der Waals surface area contributed by atoms with Crippen LogP contribution < -0.4 is 0 Å². The summed E-state index contributed by atoms with van der Waals surface area (Å²) in [5.74, 6) is -5.11. The largest absolute Gasteiger partial charge is 0.456 e. The first-order valence-corrected chi connectivity index (χ1v) is 4.91. The zero-order valence-electron chi connectivity index (χ0n) is 8.56. The summed E-state index contributed by atoms with van der Waals surface area (Å²) in [6.45, 7) is 0. The minimum Gasteiger partial charge on any atom is -0.383 e. The van der Waals surface area contributed by atoms with Crippen LogP contribution in [0.5, 0.6) is 0 Å². The number of benzene rings is 1. The monoisotopic (exact) mass is 252 g/mol. The summed E-state index contributed by atoms with van der Waals surface area (Å²) in [7, 11) is 0. The maximum absolute atomic E-state index is 13.2. The first kappa shape index (κ1) is 12.3. The summed E-state index contributed by atoms with van der Waals surface area (Å²) in [5.41, 5.74) is -2.41. The Bertz CT molecular complexity index is 413. The van der Waals surface area contributed by atoms with E-state index in [1.54, 1.807) is 0 Å². The lowest BCUT2D eigenvalue weighted by Crippen LogP contribution is -2.57. The van der Waals surface area contributed by atoms with Crippen LogP contribution in [0.2, 0.25) is 0 Å². The maximum Gasteiger partial charge on any atom is 0.456 e. The van der Waals surface area contributed by atoms with Gasteiger partial charge in [-0.2, -0.15) is 22.0 Å². The first-order valence-electron chi connectivity index (χ1n) is 4.91. The van der Waals surface area contributed by atoms with Gasteiger partial charge in [-0.3, -0.25) is 0 Å². The van der Waals surface area contributed by atoms with Gasteiger partial charge < -0.3 is 5.11 Å². The van der Waals surface area contributed by atoms with Crippen molar-refractivity contribution in [2.75, 3.05) is 0 Å². The Morgan fingerprint density at radius 2 is 1.35 bits per heavy atom. The van der Waals surface area contributed by atoms with Crippen molar-refractivity contribution in [1.82, 2.24) is 0 Å². The predicted molar refractivity (Wildman–Crippen MR) is 49.8 cm³/mol. The van der Waals surface area contributed by atoms with E-state index in [4.69, 9.17) is 0 Å². The third-order valence-corrected chi connectivity index (χ3v) is 3.02. The van der Waals surface area contributed by atoms with Gasteiger partial charge in [0.15, 0.2) is 0 Å². The molecule has 1 nitrogen and oxygen atoms in total. The van der Waals surface area contributed by atoms with Crippen molar-refractivity contribution in [3.8, 4) is 0 Å². The number of hydrogen-bond acceptors (Lipinski definition) is 1. The van der Waals surface area contributed by atoms with Crippen molar-refractivity contribution in [1.29, 1.82) is 0 Å². The Morgan fingerprint density at radius 1 is 0.941 bits per heavy atom. The molecule has 94 valence electrons. The van der Waals surface area contributed by atoms with Crippen molar-refractivity contribution < 1.29 is 27.1 Å². The molecule has 1 N–H and O–H groups in total. The van der Waals surface area contributed by atoms with Gasteiger partial charge >= 0.3 is 12.1 Å². The molecule has 0 radical (unpaired) electrons. The molecular formula is C11H9F5O. The minimum atomic E-state index is -5.75. The van der Waals surface area contributed by atoms with Gasteiger partial charge in [-0.25, -0.2) is 0 Å². The number of rotatable bonds is 1. The first-order chi connectivity index (χ1) is 7.67. The average Bonchev–Trinajstić information content (AvgIpc) is 2.53. The smallest absolute Gasteiger partial charge is 0.383 e. The lowest BCUT2D eigenvalue weighted by Gasteiger charge is -2.33. The summed E-state index contributed by atoms with van der Waals surface area (Å²) in [6.07, 6.45) is -7.12. The quantitative estimate of drug-likeness (QED) is 0.762. The van der Waals surface area contributed by atoms with Gasteiger partial charge in [-0.1, -0.05) is 24.3 Å². The fraction of sp³-hybridized carbons (Fsp3) is 0.455. The molecule has 1 aliphatic carbocycles. The molecule has 0 aromatic heterocycles. The molecule has 17 heavy (non-hydrogen) atoms. The van der Waals surface area contributed by atoms with Crippen molar-refractivity contribution in [3.63, 3.8) is 0 Å². The molecule has 0 saturated heterocycles. The molecule has 0 atom stereocenters. The van der Waals surface area contributed by atoms with Crippen molar-refractivity contribution in [3.05, 3.63) is 35.4 Å². The summed E-state index contributed by atoms with van der Waals surface area (Å²) in [5, 5.41) is 9.61. The topological polar surface area (TPSA) is 20.2 Å². The number of aliphatic hydroxyl groups is 1. The second-order valence-corrected chi connectivity index (χ2v) is 4.23. The third kappa shape index (κ3) is 1.71. The Morgan fingerprint density at radius 3 is 1.71 bits per heavy atom. The van der Waals surface area contributed by atoms with E-state index in [-0.39, 0.29) is 0 Å². The molecule has 0 heterocycles. The van der Waals surface area contributed by atoms with Crippen LogP contribution in [0.25, 0.3) is 0 Å². The van der Waals surface area contributed by atoms with E-state index in [9.17, 15) is 27.1 Å². The summed E-state index contributed by atoms with van der Waals surface area (Å²) in [6, 6.07) is 5.96. The summed E-state index contributed by atoms with van der Waals surface area (Å²) >= 11 is 0. The van der Waals surface area contributed by atoms with Gasteiger partial charge in [0.2, 0.25) is 0 Å². The second kappa shape index (κ2) is 3.41. The standard InChI is InChI=1S/C11H9F5O/c12-10(13,11(14,15)16)9(17)5-7-3-1-2-4-8(7)6-9/h1-4,17H,5-6H2. The van der Waals surface area contributed by atoms with Crippen LogP contribution in [-0.2, 0) is 12.8 Å². The van der Waals surface area contributed by atoms with E-state index in [1.165, 1.54) is 24.3 Å². The fourth-order valence-electron chi connectivity index (χ4n) is 2.08. The fourth-order valence-corrected chi connectivity index (χ4v) is 2.08. The van der Waals surface area contributed by atoms with Crippen LogP contribution in [0.3, 0.4) is 0 Å². The van der Waals surface area contributed by atoms with Crippen molar-refractivity contribution in [2.45, 2.75) is 30.5 Å². The molecule has 0 spiro atoms. The molecule has 0 saturated carbocycles. The number of fused-ring (bicyclic) bond motifs is 1. The Labute approximate surface area is 93.9 Å².